The van der Waals surface area contributed by atoms with Crippen LogP contribution in [0.3, 0.4) is 0 Å². The summed E-state index contributed by atoms with van der Waals surface area (Å²) in [5, 5.41) is 2.46. The summed E-state index contributed by atoms with van der Waals surface area (Å²) < 4.78 is 4.74. The Morgan fingerprint density at radius 2 is 2.00 bits per heavy atom. The molecule has 24 heavy (non-hydrogen) atoms. The number of allylic oxidation sites excluding steroid dienone is 2. The first-order valence-corrected chi connectivity index (χ1v) is 8.61. The van der Waals surface area contributed by atoms with Gasteiger partial charge >= 0.3 is 5.97 Å². The number of rotatable bonds is 3. The Labute approximate surface area is 145 Å². The SMILES string of the molecule is COC(=O)c1ccc2c(c1)CC=C2C(=O)c1nc(C(C)(C)C)cs1. The van der Waals surface area contributed by atoms with Gasteiger partial charge in [0.2, 0.25) is 5.78 Å². The summed E-state index contributed by atoms with van der Waals surface area (Å²) in [4.78, 5) is 29.0. The van der Waals surface area contributed by atoms with Crippen molar-refractivity contribution in [1.82, 2.24) is 4.98 Å². The van der Waals surface area contributed by atoms with Gasteiger partial charge in [0.1, 0.15) is 0 Å². The van der Waals surface area contributed by atoms with Crippen LogP contribution in [-0.4, -0.2) is 23.8 Å². The van der Waals surface area contributed by atoms with Crippen LogP contribution in [0.4, 0.5) is 0 Å². The molecule has 1 aromatic heterocycles. The zero-order valence-corrected chi connectivity index (χ0v) is 15.0. The van der Waals surface area contributed by atoms with E-state index < -0.39 is 0 Å². The standard InChI is InChI=1S/C19H19NO3S/c1-19(2,3)15-10-24-17(20-15)16(21)14-8-5-11-9-12(18(22)23-4)6-7-13(11)14/h6-10H,5H2,1-4H3. The molecule has 5 heteroatoms. The monoisotopic (exact) mass is 341 g/mol. The van der Waals surface area contributed by atoms with Gasteiger partial charge in [0.15, 0.2) is 5.01 Å². The second-order valence-electron chi connectivity index (χ2n) is 6.80. The largest absolute Gasteiger partial charge is 0.465 e. The highest BCUT2D eigenvalue weighted by atomic mass is 32.1. The molecule has 4 nitrogen and oxygen atoms in total. The molecule has 0 atom stereocenters. The van der Waals surface area contributed by atoms with E-state index in [1.165, 1.54) is 18.4 Å². The maximum Gasteiger partial charge on any atom is 0.337 e. The number of Topliss-reactive ketones (excluding diaryl/α,β-unsaturated/α-hetero) is 1. The van der Waals surface area contributed by atoms with Gasteiger partial charge in [0.25, 0.3) is 0 Å². The van der Waals surface area contributed by atoms with E-state index in [1.54, 1.807) is 12.1 Å². The summed E-state index contributed by atoms with van der Waals surface area (Å²) in [6.07, 6.45) is 2.55. The van der Waals surface area contributed by atoms with Gasteiger partial charge in [-0.2, -0.15) is 0 Å². The second-order valence-corrected chi connectivity index (χ2v) is 7.66. The summed E-state index contributed by atoms with van der Waals surface area (Å²) in [5.74, 6) is -0.424. The van der Waals surface area contributed by atoms with Gasteiger partial charge in [-0.1, -0.05) is 32.9 Å². The molecule has 124 valence electrons. The molecule has 0 radical (unpaired) electrons. The fourth-order valence-electron chi connectivity index (χ4n) is 2.64. The number of aromatic nitrogens is 1. The first kappa shape index (κ1) is 16.6. The maximum atomic E-state index is 12.8. The molecule has 0 amide bonds. The number of esters is 1. The van der Waals surface area contributed by atoms with E-state index in [2.05, 4.69) is 25.8 Å². The smallest absolute Gasteiger partial charge is 0.337 e. The average molecular weight is 341 g/mol. The van der Waals surface area contributed by atoms with Crippen molar-refractivity contribution in [2.45, 2.75) is 32.6 Å². The third-order valence-electron chi connectivity index (χ3n) is 4.05. The first-order chi connectivity index (χ1) is 11.3. The highest BCUT2D eigenvalue weighted by Gasteiger charge is 2.26. The zero-order chi connectivity index (χ0) is 17.5. The van der Waals surface area contributed by atoms with Gasteiger partial charge < -0.3 is 4.74 Å². The Morgan fingerprint density at radius 3 is 2.62 bits per heavy atom. The van der Waals surface area contributed by atoms with Gasteiger partial charge in [-0.3, -0.25) is 4.79 Å². The highest BCUT2D eigenvalue weighted by molar-refractivity contribution is 7.12. The molecule has 0 spiro atoms. The maximum absolute atomic E-state index is 12.8. The van der Waals surface area contributed by atoms with Crippen LogP contribution in [0.2, 0.25) is 0 Å². The molecule has 0 saturated carbocycles. The normalized spacial score (nSPS) is 13.4. The lowest BCUT2D eigenvalue weighted by atomic mass is 9.93. The number of hydrogen-bond acceptors (Lipinski definition) is 5. The lowest BCUT2D eigenvalue weighted by Gasteiger charge is -2.14. The fourth-order valence-corrected chi connectivity index (χ4v) is 3.64. The van der Waals surface area contributed by atoms with E-state index in [1.807, 2.05) is 17.5 Å². The summed E-state index contributed by atoms with van der Waals surface area (Å²) >= 11 is 1.38. The van der Waals surface area contributed by atoms with Crippen LogP contribution in [0.5, 0.6) is 0 Å². The van der Waals surface area contributed by atoms with Crippen molar-refractivity contribution in [1.29, 1.82) is 0 Å². The minimum atomic E-state index is -0.368. The van der Waals surface area contributed by atoms with Crippen molar-refractivity contribution in [2.75, 3.05) is 7.11 Å². The molecule has 1 aromatic carbocycles. The summed E-state index contributed by atoms with van der Waals surface area (Å²) in [7, 11) is 1.36. The molecular weight excluding hydrogens is 322 g/mol. The fraction of sp³-hybridized carbons (Fsp3) is 0.316. The molecule has 0 aliphatic heterocycles. The van der Waals surface area contributed by atoms with Crippen molar-refractivity contribution < 1.29 is 14.3 Å². The van der Waals surface area contributed by atoms with Crippen molar-refractivity contribution in [2.24, 2.45) is 0 Å². The quantitative estimate of drug-likeness (QED) is 0.624. The molecule has 0 fully saturated rings. The summed E-state index contributed by atoms with van der Waals surface area (Å²) in [6.45, 7) is 6.23. The highest BCUT2D eigenvalue weighted by Crippen LogP contribution is 2.33. The van der Waals surface area contributed by atoms with E-state index in [0.717, 1.165) is 16.8 Å². The van der Waals surface area contributed by atoms with E-state index >= 15 is 0 Å². The minimum absolute atomic E-state index is 0.0555. The van der Waals surface area contributed by atoms with E-state index in [-0.39, 0.29) is 17.2 Å². The number of benzene rings is 1. The third-order valence-corrected chi connectivity index (χ3v) is 4.90. The van der Waals surface area contributed by atoms with Crippen molar-refractivity contribution in [3.05, 3.63) is 57.0 Å². The van der Waals surface area contributed by atoms with Crippen LogP contribution in [0.1, 0.15) is 57.8 Å². The topological polar surface area (TPSA) is 56.3 Å². The van der Waals surface area contributed by atoms with E-state index in [9.17, 15) is 9.59 Å². The molecule has 3 rings (SSSR count). The van der Waals surface area contributed by atoms with Gasteiger partial charge in [0.05, 0.1) is 18.4 Å². The molecule has 0 saturated heterocycles. The van der Waals surface area contributed by atoms with Gasteiger partial charge in [-0.15, -0.1) is 11.3 Å². The predicted octanol–water partition coefficient (Wildman–Crippen LogP) is 4.05. The summed E-state index contributed by atoms with van der Waals surface area (Å²) in [5.41, 5.74) is 3.86. The van der Waals surface area contributed by atoms with Crippen molar-refractivity contribution in [3.63, 3.8) is 0 Å². The Bertz CT molecular complexity index is 856. The number of carbonyl (C=O) groups is 2. The second kappa shape index (κ2) is 5.98. The van der Waals surface area contributed by atoms with E-state index in [4.69, 9.17) is 4.74 Å². The Hall–Kier alpha value is -2.27. The third kappa shape index (κ3) is 2.91. The van der Waals surface area contributed by atoms with Crippen LogP contribution >= 0.6 is 11.3 Å². The molecule has 2 aromatic rings. The lowest BCUT2D eigenvalue weighted by molar-refractivity contribution is 0.0600. The van der Waals surface area contributed by atoms with Crippen LogP contribution in [0.15, 0.2) is 29.7 Å². The van der Waals surface area contributed by atoms with Gasteiger partial charge in [0, 0.05) is 16.4 Å². The van der Waals surface area contributed by atoms with Crippen LogP contribution in [0.25, 0.3) is 5.57 Å². The molecular formula is C19H19NO3S. The predicted molar refractivity (Wildman–Crippen MR) is 94.6 cm³/mol. The molecule has 0 bridgehead atoms. The number of ketones is 1. The Morgan fingerprint density at radius 1 is 1.25 bits per heavy atom. The number of methoxy groups -OCH3 is 1. The van der Waals surface area contributed by atoms with Crippen LogP contribution < -0.4 is 0 Å². The van der Waals surface area contributed by atoms with Gasteiger partial charge in [-0.05, 0) is 29.7 Å². The van der Waals surface area contributed by atoms with Gasteiger partial charge in [-0.25, -0.2) is 9.78 Å². The molecule has 0 N–H and O–H groups in total. The van der Waals surface area contributed by atoms with Crippen LogP contribution in [-0.2, 0) is 16.6 Å². The number of hydrogen-bond donors (Lipinski definition) is 0. The average Bonchev–Trinajstić information content (AvgIpc) is 3.19. The minimum Gasteiger partial charge on any atom is -0.465 e. The number of carbonyl (C=O) groups excluding carboxylic acids is 2. The number of nitrogens with zero attached hydrogens (tertiary/aromatic N) is 1. The molecule has 0 unspecified atom stereocenters. The van der Waals surface area contributed by atoms with Crippen molar-refractivity contribution in [3.8, 4) is 0 Å². The molecule has 1 aliphatic carbocycles. The van der Waals surface area contributed by atoms with E-state index in [0.29, 0.717) is 22.6 Å². The number of ether oxygens (including phenoxy) is 1. The number of thiazole rings is 1. The Kier molecular flexibility index (Phi) is 4.13. The molecule has 1 aliphatic rings. The zero-order valence-electron chi connectivity index (χ0n) is 14.2. The van der Waals surface area contributed by atoms with Crippen LogP contribution in [0, 0.1) is 0 Å². The Balaban J connectivity index is 1.89. The molecule has 1 heterocycles. The summed E-state index contributed by atoms with van der Waals surface area (Å²) in [6, 6.07) is 5.30. The number of fused-ring (bicyclic) bond motifs is 1. The van der Waals surface area contributed by atoms with Crippen molar-refractivity contribution >= 4 is 28.7 Å². The first-order valence-electron chi connectivity index (χ1n) is 7.73. The lowest BCUT2D eigenvalue weighted by Crippen LogP contribution is -2.12.